The second kappa shape index (κ2) is 7.45. The molecule has 158 valence electrons. The summed E-state index contributed by atoms with van der Waals surface area (Å²) in [5.74, 6) is -0.429. The highest BCUT2D eigenvalue weighted by atomic mass is 32.2. The van der Waals surface area contributed by atoms with Crippen LogP contribution in [-0.4, -0.2) is 45.3 Å². The molecule has 1 aliphatic rings. The molecule has 0 spiro atoms. The second-order valence-electron chi connectivity index (χ2n) is 6.98. The Kier molecular flexibility index (Phi) is 5.08. The van der Waals surface area contributed by atoms with E-state index in [1.165, 1.54) is 52.5 Å². The number of sulfonamides is 1. The van der Waals surface area contributed by atoms with Crippen LogP contribution in [0.4, 0.5) is 5.13 Å². The normalized spacial score (nSPS) is 17.5. The second-order valence-corrected chi connectivity index (χ2v) is 9.76. The van der Waals surface area contributed by atoms with E-state index in [0.717, 1.165) is 4.57 Å². The van der Waals surface area contributed by atoms with Crippen LogP contribution in [0.3, 0.4) is 0 Å². The standard InChI is InChI=1S/C18H19N5O5S2/c1-21-12-6-5-11(10-14(12)22(2)17(26)16(21)25)30(27,28)23-8-3-4-13(23)15(24)20-18-19-7-9-29-18/h5-7,9-10,13H,3-4,8H2,1-2H3,(H,19,20,24). The molecular weight excluding hydrogens is 430 g/mol. The Morgan fingerprint density at radius 2 is 1.87 bits per heavy atom. The number of benzene rings is 1. The topological polar surface area (TPSA) is 123 Å². The van der Waals surface area contributed by atoms with Gasteiger partial charge in [-0.15, -0.1) is 11.3 Å². The van der Waals surface area contributed by atoms with Crippen molar-refractivity contribution in [2.45, 2.75) is 23.8 Å². The maximum Gasteiger partial charge on any atom is 0.316 e. The number of anilines is 1. The van der Waals surface area contributed by atoms with Crippen molar-refractivity contribution < 1.29 is 13.2 Å². The van der Waals surface area contributed by atoms with E-state index >= 15 is 0 Å². The van der Waals surface area contributed by atoms with Gasteiger partial charge in [-0.2, -0.15) is 4.31 Å². The van der Waals surface area contributed by atoms with Crippen LogP contribution in [0.2, 0.25) is 0 Å². The molecule has 1 aliphatic heterocycles. The van der Waals surface area contributed by atoms with Crippen molar-refractivity contribution in [2.24, 2.45) is 14.1 Å². The quantitative estimate of drug-likeness (QED) is 0.578. The summed E-state index contributed by atoms with van der Waals surface area (Å²) in [5, 5.41) is 4.78. The summed E-state index contributed by atoms with van der Waals surface area (Å²) in [6.45, 7) is 0.211. The average molecular weight is 450 g/mol. The smallest absolute Gasteiger partial charge is 0.305 e. The summed E-state index contributed by atoms with van der Waals surface area (Å²) in [6.07, 6.45) is 2.50. The fourth-order valence-corrected chi connectivity index (χ4v) is 5.83. The van der Waals surface area contributed by atoms with Crippen molar-refractivity contribution in [3.8, 4) is 0 Å². The summed E-state index contributed by atoms with van der Waals surface area (Å²) in [5.41, 5.74) is -0.702. The van der Waals surface area contributed by atoms with Gasteiger partial charge in [0.1, 0.15) is 6.04 Å². The number of hydrogen-bond acceptors (Lipinski definition) is 7. The third kappa shape index (κ3) is 3.26. The van der Waals surface area contributed by atoms with Gasteiger partial charge in [0.15, 0.2) is 5.13 Å². The van der Waals surface area contributed by atoms with E-state index in [4.69, 9.17) is 0 Å². The summed E-state index contributed by atoms with van der Waals surface area (Å²) in [6, 6.07) is 3.39. The Hall–Kier alpha value is -2.83. The van der Waals surface area contributed by atoms with Crippen LogP contribution in [0.1, 0.15) is 12.8 Å². The molecule has 1 saturated heterocycles. The molecule has 4 rings (SSSR count). The Morgan fingerprint density at radius 3 is 2.53 bits per heavy atom. The van der Waals surface area contributed by atoms with E-state index < -0.39 is 33.1 Å². The van der Waals surface area contributed by atoms with Gasteiger partial charge in [0.2, 0.25) is 15.9 Å². The fraction of sp³-hybridized carbons (Fsp3) is 0.333. The molecule has 10 nitrogen and oxygen atoms in total. The first-order chi connectivity index (χ1) is 14.2. The molecular formula is C18H19N5O5S2. The minimum absolute atomic E-state index is 0.0439. The van der Waals surface area contributed by atoms with Crippen LogP contribution in [0.5, 0.6) is 0 Å². The Labute approximate surface area is 175 Å². The predicted octanol–water partition coefficient (Wildman–Crippen LogP) is 0.486. The molecule has 1 fully saturated rings. The van der Waals surface area contributed by atoms with Crippen molar-refractivity contribution in [3.05, 3.63) is 50.5 Å². The predicted molar refractivity (Wildman–Crippen MR) is 112 cm³/mol. The number of nitrogens with one attached hydrogen (secondary N) is 1. The molecule has 12 heteroatoms. The number of aromatic nitrogens is 3. The summed E-state index contributed by atoms with van der Waals surface area (Å²) >= 11 is 1.25. The largest absolute Gasteiger partial charge is 0.316 e. The van der Waals surface area contributed by atoms with E-state index in [0.29, 0.717) is 29.0 Å². The highest BCUT2D eigenvalue weighted by Gasteiger charge is 2.39. The average Bonchev–Trinajstić information content (AvgIpc) is 3.42. The Bertz CT molecular complexity index is 1360. The van der Waals surface area contributed by atoms with Crippen molar-refractivity contribution in [3.63, 3.8) is 0 Å². The van der Waals surface area contributed by atoms with Crippen LogP contribution in [0.15, 0.2) is 44.3 Å². The van der Waals surface area contributed by atoms with Gasteiger partial charge >= 0.3 is 11.1 Å². The first kappa shape index (κ1) is 20.4. The number of rotatable bonds is 4. The lowest BCUT2D eigenvalue weighted by atomic mass is 10.2. The van der Waals surface area contributed by atoms with Gasteiger partial charge in [-0.05, 0) is 31.0 Å². The number of fused-ring (bicyclic) bond motifs is 1. The fourth-order valence-electron chi connectivity index (χ4n) is 3.62. The summed E-state index contributed by atoms with van der Waals surface area (Å²) < 4.78 is 30.1. The SMILES string of the molecule is Cn1c(=O)c(=O)n(C)c2cc(S(=O)(=O)N3CCCC3C(=O)Nc3nccs3)ccc21. The molecule has 0 aliphatic carbocycles. The summed E-state index contributed by atoms with van der Waals surface area (Å²) in [4.78, 5) is 40.7. The van der Waals surface area contributed by atoms with Gasteiger partial charge in [-0.3, -0.25) is 14.4 Å². The molecule has 1 aromatic carbocycles. The molecule has 1 N–H and O–H groups in total. The lowest BCUT2D eigenvalue weighted by Crippen LogP contribution is -2.43. The van der Waals surface area contributed by atoms with E-state index in [1.807, 2.05) is 0 Å². The first-order valence-electron chi connectivity index (χ1n) is 9.14. The molecule has 30 heavy (non-hydrogen) atoms. The van der Waals surface area contributed by atoms with Crippen LogP contribution < -0.4 is 16.4 Å². The van der Waals surface area contributed by atoms with E-state index in [2.05, 4.69) is 10.3 Å². The maximum absolute atomic E-state index is 13.3. The van der Waals surface area contributed by atoms with E-state index in [1.54, 1.807) is 11.6 Å². The van der Waals surface area contributed by atoms with Crippen molar-refractivity contribution in [1.82, 2.24) is 18.4 Å². The number of amides is 1. The molecule has 1 atom stereocenters. The van der Waals surface area contributed by atoms with Gasteiger partial charge in [0, 0.05) is 32.2 Å². The van der Waals surface area contributed by atoms with Gasteiger partial charge in [-0.25, -0.2) is 13.4 Å². The molecule has 0 bridgehead atoms. The molecule has 2 aromatic heterocycles. The molecule has 0 radical (unpaired) electrons. The molecule has 1 amide bonds. The molecule has 1 unspecified atom stereocenters. The Morgan fingerprint density at radius 1 is 1.17 bits per heavy atom. The highest BCUT2D eigenvalue weighted by molar-refractivity contribution is 7.89. The van der Waals surface area contributed by atoms with Gasteiger partial charge in [0.25, 0.3) is 0 Å². The zero-order valence-electron chi connectivity index (χ0n) is 16.2. The zero-order valence-corrected chi connectivity index (χ0v) is 17.9. The molecule has 0 saturated carbocycles. The monoisotopic (exact) mass is 449 g/mol. The zero-order chi connectivity index (χ0) is 21.6. The van der Waals surface area contributed by atoms with E-state index in [-0.39, 0.29) is 11.4 Å². The van der Waals surface area contributed by atoms with Crippen molar-refractivity contribution in [1.29, 1.82) is 0 Å². The number of nitrogens with zero attached hydrogens (tertiary/aromatic N) is 4. The van der Waals surface area contributed by atoms with Crippen molar-refractivity contribution in [2.75, 3.05) is 11.9 Å². The van der Waals surface area contributed by atoms with Crippen LogP contribution in [0.25, 0.3) is 11.0 Å². The number of aryl methyl sites for hydroxylation is 2. The highest BCUT2D eigenvalue weighted by Crippen LogP contribution is 2.28. The van der Waals surface area contributed by atoms with Gasteiger partial charge in [-0.1, -0.05) is 0 Å². The van der Waals surface area contributed by atoms with E-state index in [9.17, 15) is 22.8 Å². The van der Waals surface area contributed by atoms with Gasteiger partial charge in [0.05, 0.1) is 15.9 Å². The third-order valence-corrected chi connectivity index (χ3v) is 7.83. The van der Waals surface area contributed by atoms with Crippen molar-refractivity contribution >= 4 is 43.4 Å². The minimum Gasteiger partial charge on any atom is -0.305 e. The van der Waals surface area contributed by atoms with Crippen LogP contribution in [0, 0.1) is 0 Å². The number of carbonyl (C=O) groups excluding carboxylic acids is 1. The first-order valence-corrected chi connectivity index (χ1v) is 11.5. The number of hydrogen-bond donors (Lipinski definition) is 1. The van der Waals surface area contributed by atoms with Gasteiger partial charge < -0.3 is 14.5 Å². The molecule has 3 heterocycles. The Balaban J connectivity index is 1.74. The number of thiazole rings is 1. The summed E-state index contributed by atoms with van der Waals surface area (Å²) in [7, 11) is -1.13. The van der Waals surface area contributed by atoms with Crippen LogP contribution in [-0.2, 0) is 28.9 Å². The maximum atomic E-state index is 13.3. The lowest BCUT2D eigenvalue weighted by molar-refractivity contribution is -0.119. The van der Waals surface area contributed by atoms with Crippen LogP contribution >= 0.6 is 11.3 Å². The number of carbonyl (C=O) groups is 1. The lowest BCUT2D eigenvalue weighted by Gasteiger charge is -2.23. The molecule has 3 aromatic rings. The third-order valence-electron chi connectivity index (χ3n) is 5.24. The minimum atomic E-state index is -4.00.